The lowest BCUT2D eigenvalue weighted by molar-refractivity contribution is -0.278. The van der Waals surface area contributed by atoms with Gasteiger partial charge in [0.15, 0.2) is 5.72 Å². The van der Waals surface area contributed by atoms with Crippen LogP contribution in [0.2, 0.25) is 0 Å². The summed E-state index contributed by atoms with van der Waals surface area (Å²) in [6.07, 6.45) is -1.28. The van der Waals surface area contributed by atoms with E-state index in [4.69, 9.17) is 9.47 Å². The summed E-state index contributed by atoms with van der Waals surface area (Å²) < 4.78 is 17.2. The van der Waals surface area contributed by atoms with Gasteiger partial charge in [0.25, 0.3) is 5.91 Å². The average molecular weight is 453 g/mol. The van der Waals surface area contributed by atoms with Crippen LogP contribution in [0, 0.1) is 0 Å². The lowest BCUT2D eigenvalue weighted by atomic mass is 9.95. The Balaban J connectivity index is 1.75. The molecule has 1 saturated heterocycles. The summed E-state index contributed by atoms with van der Waals surface area (Å²) in [6.45, 7) is 2.50. The molecule has 4 atom stereocenters. The Kier molecular flexibility index (Phi) is 3.34. The second-order valence-corrected chi connectivity index (χ2v) is 9.81. The minimum atomic E-state index is -0.949. The molecule has 7 heteroatoms. The third kappa shape index (κ3) is 1.92. The summed E-state index contributed by atoms with van der Waals surface area (Å²) in [5, 5.41) is 18.5. The normalized spacial score (nSPS) is 27.7. The lowest BCUT2D eigenvalue weighted by Gasteiger charge is -2.46. The fourth-order valence-electron chi connectivity index (χ4n) is 7.03. The van der Waals surface area contributed by atoms with Crippen LogP contribution in [0.1, 0.15) is 35.5 Å². The number of amides is 1. The predicted octanol–water partition coefficient (Wildman–Crippen LogP) is 4.13. The van der Waals surface area contributed by atoms with Crippen molar-refractivity contribution in [1.82, 2.24) is 14.5 Å². The highest BCUT2D eigenvalue weighted by Crippen LogP contribution is 2.53. The molecule has 34 heavy (non-hydrogen) atoms. The Hall–Kier alpha value is -3.39. The molecule has 2 aromatic heterocycles. The summed E-state index contributed by atoms with van der Waals surface area (Å²) in [5.41, 5.74) is 4.86. The van der Waals surface area contributed by atoms with Gasteiger partial charge >= 0.3 is 0 Å². The number of hydrogen-bond donors (Lipinski definition) is 2. The van der Waals surface area contributed by atoms with Gasteiger partial charge in [-0.25, -0.2) is 0 Å². The Morgan fingerprint density at radius 2 is 1.76 bits per heavy atom. The zero-order valence-electron chi connectivity index (χ0n) is 18.8. The number of carbonyl (C=O) groups excluding carboxylic acids is 1. The second kappa shape index (κ2) is 5.99. The third-order valence-corrected chi connectivity index (χ3v) is 8.20. The molecule has 0 aliphatic carbocycles. The Bertz CT molecular complexity index is 1730. The van der Waals surface area contributed by atoms with E-state index in [2.05, 4.69) is 38.7 Å². The zero-order chi connectivity index (χ0) is 22.9. The number of para-hydroxylation sites is 2. The quantitative estimate of drug-likeness (QED) is 0.400. The number of benzene rings is 3. The van der Waals surface area contributed by atoms with E-state index >= 15 is 0 Å². The van der Waals surface area contributed by atoms with Crippen LogP contribution in [0.4, 0.5) is 0 Å². The van der Waals surface area contributed by atoms with Crippen molar-refractivity contribution in [1.29, 1.82) is 0 Å². The smallest absolute Gasteiger partial charge is 0.252 e. The highest BCUT2D eigenvalue weighted by Gasteiger charge is 2.53. The van der Waals surface area contributed by atoms with Crippen LogP contribution in [0.25, 0.3) is 43.6 Å². The van der Waals surface area contributed by atoms with Gasteiger partial charge in [0.05, 0.1) is 33.7 Å². The molecule has 3 aliphatic heterocycles. The van der Waals surface area contributed by atoms with Gasteiger partial charge in [-0.05, 0) is 24.6 Å². The fraction of sp³-hybridized carbons (Fsp3) is 0.296. The number of hydrogen-bond acceptors (Lipinski definition) is 4. The van der Waals surface area contributed by atoms with Crippen LogP contribution in [0.3, 0.4) is 0 Å². The number of ether oxygens (including phenoxy) is 2. The number of fused-ring (bicyclic) bond motifs is 13. The SMILES string of the molecule is CO[C@H]1[C@H](O)C[C@H]2O[C@]1(C)n1c3ccccc3c3c4c(c5c6ccccc6n2c5c31)C(=O)NC4. The van der Waals surface area contributed by atoms with Gasteiger partial charge in [-0.1, -0.05) is 36.4 Å². The molecule has 3 aromatic carbocycles. The number of nitrogens with zero attached hydrogens (tertiary/aromatic N) is 2. The monoisotopic (exact) mass is 453 g/mol. The van der Waals surface area contributed by atoms with Crippen molar-refractivity contribution in [3.05, 3.63) is 59.7 Å². The highest BCUT2D eigenvalue weighted by atomic mass is 16.6. The van der Waals surface area contributed by atoms with E-state index in [1.54, 1.807) is 7.11 Å². The van der Waals surface area contributed by atoms with Gasteiger partial charge in [0, 0.05) is 41.6 Å². The molecular formula is C27H23N3O4. The average Bonchev–Trinajstić information content (AvgIpc) is 3.46. The van der Waals surface area contributed by atoms with Gasteiger partial charge in [0.2, 0.25) is 0 Å². The molecule has 8 rings (SSSR count). The fourth-order valence-corrected chi connectivity index (χ4v) is 7.03. The Morgan fingerprint density at radius 1 is 1.06 bits per heavy atom. The van der Waals surface area contributed by atoms with Gasteiger partial charge in [-0.3, -0.25) is 4.79 Å². The van der Waals surface area contributed by atoms with E-state index in [0.717, 1.165) is 54.7 Å². The minimum Gasteiger partial charge on any atom is -0.390 e. The standard InChI is InChI=1S/C27H23N3O4/c1-27-25(33-2)18(31)11-19(34-27)29-16-9-5-3-7-13(16)21-22-15(12-28-26(22)32)20-14-8-4-6-10-17(14)30(27)24(20)23(21)29/h3-10,18-19,25,31H,11-12H2,1-2H3,(H,28,32)/t18-,19-,25+,27+/m1/s1. The minimum absolute atomic E-state index is 0.0363. The van der Waals surface area contributed by atoms with Crippen LogP contribution in [-0.2, 0) is 21.7 Å². The first-order valence-electron chi connectivity index (χ1n) is 11.7. The summed E-state index contributed by atoms with van der Waals surface area (Å²) in [7, 11) is 1.63. The van der Waals surface area contributed by atoms with Crippen molar-refractivity contribution < 1.29 is 19.4 Å². The molecule has 0 spiro atoms. The molecule has 0 saturated carbocycles. The number of nitrogens with one attached hydrogen (secondary N) is 1. The van der Waals surface area contributed by atoms with E-state index in [1.807, 2.05) is 31.2 Å². The molecule has 1 amide bonds. The molecule has 5 heterocycles. The topological polar surface area (TPSA) is 77.7 Å². The molecular weight excluding hydrogens is 430 g/mol. The number of aliphatic hydroxyl groups excluding tert-OH is 1. The zero-order valence-corrected chi connectivity index (χ0v) is 18.8. The van der Waals surface area contributed by atoms with E-state index in [0.29, 0.717) is 13.0 Å². The first-order valence-corrected chi connectivity index (χ1v) is 11.7. The number of methoxy groups -OCH3 is 1. The third-order valence-electron chi connectivity index (χ3n) is 8.20. The molecule has 0 unspecified atom stereocenters. The number of aromatic nitrogens is 2. The van der Waals surface area contributed by atoms with Gasteiger partial charge in [-0.2, -0.15) is 0 Å². The maximum Gasteiger partial charge on any atom is 0.252 e. The van der Waals surface area contributed by atoms with Crippen LogP contribution < -0.4 is 5.32 Å². The maximum absolute atomic E-state index is 13.2. The number of carbonyl (C=O) groups is 1. The number of rotatable bonds is 1. The predicted molar refractivity (Wildman–Crippen MR) is 129 cm³/mol. The largest absolute Gasteiger partial charge is 0.390 e. The van der Waals surface area contributed by atoms with E-state index in [1.165, 1.54) is 0 Å². The molecule has 5 aromatic rings. The molecule has 7 nitrogen and oxygen atoms in total. The van der Waals surface area contributed by atoms with E-state index in [-0.39, 0.29) is 5.91 Å². The van der Waals surface area contributed by atoms with Crippen molar-refractivity contribution in [2.45, 2.75) is 44.1 Å². The summed E-state index contributed by atoms with van der Waals surface area (Å²) >= 11 is 0. The van der Waals surface area contributed by atoms with Crippen LogP contribution in [0.15, 0.2) is 48.5 Å². The molecule has 170 valence electrons. The highest BCUT2D eigenvalue weighted by molar-refractivity contribution is 6.31. The van der Waals surface area contributed by atoms with Crippen molar-refractivity contribution in [2.24, 2.45) is 0 Å². The molecule has 2 N–H and O–H groups in total. The van der Waals surface area contributed by atoms with Crippen molar-refractivity contribution in [3.8, 4) is 0 Å². The van der Waals surface area contributed by atoms with Crippen LogP contribution in [-0.4, -0.2) is 39.5 Å². The summed E-state index contributed by atoms with van der Waals surface area (Å²) in [4.78, 5) is 13.2. The second-order valence-electron chi connectivity index (χ2n) is 9.81. The van der Waals surface area contributed by atoms with Gasteiger partial charge in [-0.15, -0.1) is 0 Å². The molecule has 2 bridgehead atoms. The van der Waals surface area contributed by atoms with Gasteiger partial charge in [0.1, 0.15) is 12.3 Å². The lowest BCUT2D eigenvalue weighted by Crippen LogP contribution is -2.56. The Labute approximate surface area is 194 Å². The summed E-state index contributed by atoms with van der Waals surface area (Å²) in [5.74, 6) is -0.0363. The van der Waals surface area contributed by atoms with Crippen molar-refractivity contribution in [2.75, 3.05) is 7.11 Å². The molecule has 1 fully saturated rings. The molecule has 3 aliphatic rings. The first-order chi connectivity index (χ1) is 16.5. The van der Waals surface area contributed by atoms with Gasteiger partial charge < -0.3 is 29.0 Å². The van der Waals surface area contributed by atoms with E-state index < -0.39 is 24.2 Å². The number of aliphatic hydroxyl groups is 1. The maximum atomic E-state index is 13.2. The van der Waals surface area contributed by atoms with Crippen LogP contribution >= 0.6 is 0 Å². The van der Waals surface area contributed by atoms with E-state index in [9.17, 15) is 9.90 Å². The van der Waals surface area contributed by atoms with Crippen molar-refractivity contribution >= 4 is 49.5 Å². The molecule has 0 radical (unpaired) electrons. The Morgan fingerprint density at radius 3 is 2.53 bits per heavy atom. The van der Waals surface area contributed by atoms with Crippen LogP contribution in [0.5, 0.6) is 0 Å². The first kappa shape index (κ1) is 19.0. The van der Waals surface area contributed by atoms with Crippen molar-refractivity contribution in [3.63, 3.8) is 0 Å². The summed E-state index contributed by atoms with van der Waals surface area (Å²) in [6, 6.07) is 16.4.